The lowest BCUT2D eigenvalue weighted by atomic mass is 9.90. The highest BCUT2D eigenvalue weighted by molar-refractivity contribution is 7.21. The second-order valence-electron chi connectivity index (χ2n) is 7.03. The molecule has 3 nitrogen and oxygen atoms in total. The van der Waals surface area contributed by atoms with Crippen molar-refractivity contribution in [3.05, 3.63) is 64.0 Å². The largest absolute Gasteiger partial charge is 0.497 e. The van der Waals surface area contributed by atoms with Gasteiger partial charge in [-0.3, -0.25) is 4.79 Å². The van der Waals surface area contributed by atoms with Crippen molar-refractivity contribution in [1.82, 2.24) is 4.90 Å². The molecule has 1 aliphatic heterocycles. The number of halogens is 1. The van der Waals surface area contributed by atoms with Gasteiger partial charge in [-0.15, -0.1) is 11.3 Å². The van der Waals surface area contributed by atoms with Gasteiger partial charge in [-0.25, -0.2) is 0 Å². The lowest BCUT2D eigenvalue weighted by Crippen LogP contribution is -2.38. The zero-order valence-electron chi connectivity index (χ0n) is 15.3. The highest BCUT2D eigenvalue weighted by Gasteiger charge is 2.27. The van der Waals surface area contributed by atoms with Crippen LogP contribution in [-0.2, 0) is 6.42 Å². The molecule has 140 valence electrons. The smallest absolute Gasteiger partial charge is 0.265 e. The van der Waals surface area contributed by atoms with E-state index in [1.165, 1.54) is 16.9 Å². The highest BCUT2D eigenvalue weighted by atomic mass is 35.5. The summed E-state index contributed by atoms with van der Waals surface area (Å²) in [5, 5.41) is 1.44. The summed E-state index contributed by atoms with van der Waals surface area (Å²) in [5.74, 6) is 1.44. The van der Waals surface area contributed by atoms with Gasteiger partial charge in [0, 0.05) is 23.2 Å². The summed E-state index contributed by atoms with van der Waals surface area (Å²) in [6, 6.07) is 16.4. The molecule has 0 spiro atoms. The number of amides is 1. The SMILES string of the molecule is COc1ccc2sc(C(=O)N3CCC(Cc4ccccc4)CC3)c(Cl)c2c1. The molecule has 0 aliphatic carbocycles. The quantitative estimate of drug-likeness (QED) is 0.566. The molecule has 1 saturated heterocycles. The number of fused-ring (bicyclic) bond motifs is 1. The number of thiophene rings is 1. The first-order valence-electron chi connectivity index (χ1n) is 9.25. The van der Waals surface area contributed by atoms with E-state index in [1.807, 2.05) is 23.1 Å². The zero-order chi connectivity index (χ0) is 18.8. The van der Waals surface area contributed by atoms with Crippen molar-refractivity contribution in [1.29, 1.82) is 0 Å². The standard InChI is InChI=1S/C22H22ClNO2S/c1-26-17-7-8-19-18(14-17)20(23)21(27-19)22(25)24-11-9-16(10-12-24)13-15-5-3-2-4-6-15/h2-8,14,16H,9-13H2,1H3. The molecule has 1 amide bonds. The normalized spacial score (nSPS) is 15.3. The molecule has 3 aromatic rings. The highest BCUT2D eigenvalue weighted by Crippen LogP contribution is 2.38. The first-order chi connectivity index (χ1) is 13.2. The average Bonchev–Trinajstić information content (AvgIpc) is 3.05. The Hall–Kier alpha value is -2.04. The minimum absolute atomic E-state index is 0.0540. The van der Waals surface area contributed by atoms with Crippen molar-refractivity contribution in [3.8, 4) is 5.75 Å². The summed E-state index contributed by atoms with van der Waals surface area (Å²) < 4.78 is 6.29. The third-order valence-corrected chi connectivity index (χ3v) is 6.96. The van der Waals surface area contributed by atoms with Crippen LogP contribution in [0.25, 0.3) is 10.1 Å². The van der Waals surface area contributed by atoms with Crippen LogP contribution in [0.4, 0.5) is 0 Å². The number of likely N-dealkylation sites (tertiary alicyclic amines) is 1. The summed E-state index contributed by atoms with van der Waals surface area (Å²) in [4.78, 5) is 15.6. The molecule has 0 unspecified atom stereocenters. The van der Waals surface area contributed by atoms with E-state index in [1.54, 1.807) is 7.11 Å². The summed E-state index contributed by atoms with van der Waals surface area (Å²) in [6.45, 7) is 1.59. The van der Waals surface area contributed by atoms with E-state index < -0.39 is 0 Å². The van der Waals surface area contributed by atoms with Crippen LogP contribution >= 0.6 is 22.9 Å². The topological polar surface area (TPSA) is 29.5 Å². The van der Waals surface area contributed by atoms with Crippen molar-refractivity contribution in [2.24, 2.45) is 5.92 Å². The van der Waals surface area contributed by atoms with Crippen molar-refractivity contribution < 1.29 is 9.53 Å². The van der Waals surface area contributed by atoms with Crippen LogP contribution in [0.1, 0.15) is 28.1 Å². The summed E-state index contributed by atoms with van der Waals surface area (Å²) >= 11 is 8.01. The molecule has 4 rings (SSSR count). The van der Waals surface area contributed by atoms with Gasteiger partial charge in [-0.2, -0.15) is 0 Å². The van der Waals surface area contributed by atoms with Gasteiger partial charge in [0.2, 0.25) is 0 Å². The van der Waals surface area contributed by atoms with Gasteiger partial charge in [0.1, 0.15) is 10.6 Å². The molecule has 0 atom stereocenters. The Bertz CT molecular complexity index is 946. The maximum Gasteiger partial charge on any atom is 0.265 e. The number of ether oxygens (including phenoxy) is 1. The molecular formula is C22H22ClNO2S. The van der Waals surface area contributed by atoms with E-state index in [0.717, 1.165) is 48.2 Å². The van der Waals surface area contributed by atoms with E-state index in [0.29, 0.717) is 15.8 Å². The molecule has 1 aromatic heterocycles. The Morgan fingerprint density at radius 2 is 1.93 bits per heavy atom. The fourth-order valence-corrected chi connectivity index (χ4v) is 5.19. The maximum atomic E-state index is 13.0. The monoisotopic (exact) mass is 399 g/mol. The molecular weight excluding hydrogens is 378 g/mol. The van der Waals surface area contributed by atoms with Crippen molar-refractivity contribution in [2.45, 2.75) is 19.3 Å². The van der Waals surface area contributed by atoms with E-state index in [-0.39, 0.29) is 5.91 Å². The third kappa shape index (κ3) is 3.83. The van der Waals surface area contributed by atoms with E-state index in [9.17, 15) is 4.79 Å². The molecule has 0 N–H and O–H groups in total. The van der Waals surface area contributed by atoms with Gasteiger partial charge in [-0.1, -0.05) is 41.9 Å². The van der Waals surface area contributed by atoms with Crippen molar-refractivity contribution >= 4 is 38.9 Å². The summed E-state index contributed by atoms with van der Waals surface area (Å²) in [7, 11) is 1.63. The van der Waals surface area contributed by atoms with Crippen LogP contribution in [-0.4, -0.2) is 31.0 Å². The van der Waals surface area contributed by atoms with Crippen molar-refractivity contribution in [3.63, 3.8) is 0 Å². The van der Waals surface area contributed by atoms with Crippen LogP contribution in [0, 0.1) is 5.92 Å². The van der Waals surface area contributed by atoms with Gasteiger partial charge < -0.3 is 9.64 Å². The summed E-state index contributed by atoms with van der Waals surface area (Å²) in [5.41, 5.74) is 1.38. The molecule has 0 bridgehead atoms. The fraction of sp³-hybridized carbons (Fsp3) is 0.318. The third-order valence-electron chi connectivity index (χ3n) is 5.30. The maximum absolute atomic E-state index is 13.0. The molecule has 0 saturated carbocycles. The Morgan fingerprint density at radius 1 is 1.19 bits per heavy atom. The first-order valence-corrected chi connectivity index (χ1v) is 10.4. The second kappa shape index (κ2) is 7.91. The van der Waals surface area contributed by atoms with Crippen LogP contribution in [0.15, 0.2) is 48.5 Å². The summed E-state index contributed by atoms with van der Waals surface area (Å²) in [6.07, 6.45) is 3.17. The molecule has 1 fully saturated rings. The van der Waals surface area contributed by atoms with E-state index in [4.69, 9.17) is 16.3 Å². The number of hydrogen-bond acceptors (Lipinski definition) is 3. The molecule has 2 aromatic carbocycles. The number of nitrogens with zero attached hydrogens (tertiary/aromatic N) is 1. The Morgan fingerprint density at radius 3 is 2.63 bits per heavy atom. The average molecular weight is 400 g/mol. The van der Waals surface area contributed by atoms with Crippen LogP contribution in [0.5, 0.6) is 5.75 Å². The Balaban J connectivity index is 1.45. The lowest BCUT2D eigenvalue weighted by Gasteiger charge is -2.32. The number of hydrogen-bond donors (Lipinski definition) is 0. The predicted molar refractivity (Wildman–Crippen MR) is 112 cm³/mol. The fourth-order valence-electron chi connectivity index (χ4n) is 3.74. The predicted octanol–water partition coefficient (Wildman–Crippen LogP) is 5.66. The Labute approximate surface area is 168 Å². The van der Waals surface area contributed by atoms with Gasteiger partial charge in [0.05, 0.1) is 12.1 Å². The van der Waals surface area contributed by atoms with E-state index >= 15 is 0 Å². The minimum atomic E-state index is 0.0540. The zero-order valence-corrected chi connectivity index (χ0v) is 16.9. The van der Waals surface area contributed by atoms with Gasteiger partial charge in [0.15, 0.2) is 0 Å². The minimum Gasteiger partial charge on any atom is -0.497 e. The second-order valence-corrected chi connectivity index (χ2v) is 8.46. The molecule has 27 heavy (non-hydrogen) atoms. The van der Waals surface area contributed by atoms with Gasteiger partial charge >= 0.3 is 0 Å². The van der Waals surface area contributed by atoms with Crippen molar-refractivity contribution in [2.75, 3.05) is 20.2 Å². The number of piperidine rings is 1. The Kier molecular flexibility index (Phi) is 5.37. The van der Waals surface area contributed by atoms with Crippen LogP contribution in [0.2, 0.25) is 5.02 Å². The molecule has 1 aliphatic rings. The number of rotatable bonds is 4. The number of methoxy groups -OCH3 is 1. The molecule has 2 heterocycles. The lowest BCUT2D eigenvalue weighted by molar-refractivity contribution is 0.0695. The van der Waals surface area contributed by atoms with Crippen LogP contribution < -0.4 is 4.74 Å². The van der Waals surface area contributed by atoms with Gasteiger partial charge in [0.25, 0.3) is 5.91 Å². The number of carbonyl (C=O) groups is 1. The van der Waals surface area contributed by atoms with Crippen LogP contribution in [0.3, 0.4) is 0 Å². The van der Waals surface area contributed by atoms with E-state index in [2.05, 4.69) is 30.3 Å². The molecule has 5 heteroatoms. The number of carbonyl (C=O) groups excluding carboxylic acids is 1. The van der Waals surface area contributed by atoms with Gasteiger partial charge in [-0.05, 0) is 48.9 Å². The number of benzene rings is 2. The first kappa shape index (κ1) is 18.3. The molecule has 0 radical (unpaired) electrons.